The number of amides is 1. The van der Waals surface area contributed by atoms with E-state index in [1.54, 1.807) is 0 Å². The number of nitrogens with one attached hydrogen (secondary N) is 1. The minimum absolute atomic E-state index is 0.122. The summed E-state index contributed by atoms with van der Waals surface area (Å²) in [6, 6.07) is -0.560. The van der Waals surface area contributed by atoms with Crippen molar-refractivity contribution in [2.24, 2.45) is 11.8 Å². The van der Waals surface area contributed by atoms with Crippen molar-refractivity contribution in [3.63, 3.8) is 0 Å². The normalized spacial score (nSPS) is 19.4. The molecule has 0 aromatic heterocycles. The van der Waals surface area contributed by atoms with Gasteiger partial charge in [-0.3, -0.25) is 4.79 Å². The van der Waals surface area contributed by atoms with E-state index in [1.807, 2.05) is 0 Å². The van der Waals surface area contributed by atoms with Crippen molar-refractivity contribution >= 4 is 12.4 Å². The van der Waals surface area contributed by atoms with Crippen LogP contribution in [0.25, 0.3) is 0 Å². The summed E-state index contributed by atoms with van der Waals surface area (Å²) in [5, 5.41) is 2.67. The summed E-state index contributed by atoms with van der Waals surface area (Å²) in [5.74, 6) is 0.615. The van der Waals surface area contributed by atoms with Crippen molar-refractivity contribution in [3.8, 4) is 0 Å². The van der Waals surface area contributed by atoms with E-state index in [1.165, 1.54) is 83.5 Å². The fourth-order valence-electron chi connectivity index (χ4n) is 4.93. The number of rotatable bonds is 23. The lowest BCUT2D eigenvalue weighted by atomic mass is 9.87. The van der Waals surface area contributed by atoms with Crippen LogP contribution in [0.15, 0.2) is 0 Å². The molecule has 1 saturated heterocycles. The predicted molar refractivity (Wildman–Crippen MR) is 141 cm³/mol. The quantitative estimate of drug-likeness (QED) is 0.0941. The van der Waals surface area contributed by atoms with Gasteiger partial charge in [-0.2, -0.15) is 0 Å². The first-order valence-corrected chi connectivity index (χ1v) is 14.5. The molecule has 0 aliphatic carbocycles. The third-order valence-corrected chi connectivity index (χ3v) is 7.15. The van der Waals surface area contributed by atoms with E-state index in [4.69, 9.17) is 9.47 Å². The minimum atomic E-state index is -0.560. The van der Waals surface area contributed by atoms with Gasteiger partial charge >= 0.3 is 5.97 Å². The monoisotopic (exact) mass is 481 g/mol. The fourth-order valence-corrected chi connectivity index (χ4v) is 4.93. The molecule has 0 aromatic carbocycles. The maximum atomic E-state index is 12.9. The molecule has 0 radical (unpaired) electrons. The van der Waals surface area contributed by atoms with Gasteiger partial charge in [0.2, 0.25) is 6.41 Å². The number of carbonyl (C=O) groups excluding carboxylic acids is 2. The molecule has 1 aliphatic rings. The van der Waals surface area contributed by atoms with Crippen molar-refractivity contribution in [3.05, 3.63) is 0 Å². The van der Waals surface area contributed by atoms with E-state index in [-0.39, 0.29) is 18.2 Å². The summed E-state index contributed by atoms with van der Waals surface area (Å²) >= 11 is 0. The first-order chi connectivity index (χ1) is 16.5. The van der Waals surface area contributed by atoms with Crippen LogP contribution >= 0.6 is 0 Å². The zero-order chi connectivity index (χ0) is 25.0. The number of hydrogen-bond acceptors (Lipinski definition) is 4. The Morgan fingerprint density at radius 1 is 0.941 bits per heavy atom. The van der Waals surface area contributed by atoms with Crippen LogP contribution in [0.1, 0.15) is 137 Å². The van der Waals surface area contributed by atoms with Crippen LogP contribution in [0.5, 0.6) is 0 Å². The number of unbranched alkanes of at least 4 members (excludes halogenated alkanes) is 11. The van der Waals surface area contributed by atoms with E-state index >= 15 is 0 Å². The lowest BCUT2D eigenvalue weighted by Gasteiger charge is -2.39. The van der Waals surface area contributed by atoms with E-state index in [0.717, 1.165) is 25.9 Å². The molecule has 4 unspecified atom stereocenters. The number of carbonyl (C=O) groups is 2. The largest absolute Gasteiger partial charge is 0.461 e. The molecule has 1 aliphatic heterocycles. The van der Waals surface area contributed by atoms with Crippen molar-refractivity contribution < 1.29 is 19.1 Å². The first-order valence-electron chi connectivity index (χ1n) is 14.5. The fraction of sp³-hybridized carbons (Fsp3) is 0.931. The molecule has 4 atom stereocenters. The Bertz CT molecular complexity index is 510. The molecule has 1 fully saturated rings. The molecule has 1 amide bonds. The second-order valence-corrected chi connectivity index (χ2v) is 10.9. The lowest BCUT2D eigenvalue weighted by molar-refractivity contribution is -0.164. The summed E-state index contributed by atoms with van der Waals surface area (Å²) in [6.45, 7) is 9.45. The Kier molecular flexibility index (Phi) is 18.3. The average Bonchev–Trinajstić information content (AvgIpc) is 2.79. The van der Waals surface area contributed by atoms with Crippen molar-refractivity contribution in [1.82, 2.24) is 5.32 Å². The van der Waals surface area contributed by atoms with Gasteiger partial charge in [-0.15, -0.1) is 0 Å². The molecule has 0 spiro atoms. The van der Waals surface area contributed by atoms with Gasteiger partial charge in [0.1, 0.15) is 12.1 Å². The molecule has 1 N–H and O–H groups in total. The summed E-state index contributed by atoms with van der Waals surface area (Å²) in [5.41, 5.74) is 0. The minimum Gasteiger partial charge on any atom is -0.461 e. The van der Waals surface area contributed by atoms with Gasteiger partial charge < -0.3 is 14.8 Å². The van der Waals surface area contributed by atoms with Crippen LogP contribution < -0.4 is 5.32 Å². The van der Waals surface area contributed by atoms with Crippen LogP contribution in [0, 0.1) is 11.8 Å². The highest BCUT2D eigenvalue weighted by atomic mass is 16.6. The molecule has 5 nitrogen and oxygen atoms in total. The predicted octanol–water partition coefficient (Wildman–Crippen LogP) is 7.36. The third-order valence-electron chi connectivity index (χ3n) is 7.15. The maximum Gasteiger partial charge on any atom is 0.328 e. The summed E-state index contributed by atoms with van der Waals surface area (Å²) in [6.07, 6.45) is 20.9. The van der Waals surface area contributed by atoms with Gasteiger partial charge in [0, 0.05) is 12.3 Å². The van der Waals surface area contributed by atoms with Crippen LogP contribution in [-0.2, 0) is 19.1 Å². The molecule has 0 bridgehead atoms. The van der Waals surface area contributed by atoms with E-state index in [2.05, 4.69) is 33.0 Å². The second kappa shape index (κ2) is 20.1. The molecule has 34 heavy (non-hydrogen) atoms. The van der Waals surface area contributed by atoms with Gasteiger partial charge in [-0.25, -0.2) is 4.79 Å². The highest BCUT2D eigenvalue weighted by Crippen LogP contribution is 2.31. The van der Waals surface area contributed by atoms with Gasteiger partial charge in [-0.05, 0) is 31.6 Å². The number of esters is 1. The second-order valence-electron chi connectivity index (χ2n) is 10.9. The van der Waals surface area contributed by atoms with Gasteiger partial charge in [0.25, 0.3) is 0 Å². The molecule has 1 heterocycles. The summed E-state index contributed by atoms with van der Waals surface area (Å²) < 4.78 is 11.9. The van der Waals surface area contributed by atoms with Crippen LogP contribution in [0.3, 0.4) is 0 Å². The zero-order valence-electron chi connectivity index (χ0n) is 22.8. The Hall–Kier alpha value is -1.10. The number of ether oxygens (including phenoxy) is 2. The molecular weight excluding hydrogens is 426 g/mol. The highest BCUT2D eigenvalue weighted by molar-refractivity contribution is 5.78. The van der Waals surface area contributed by atoms with E-state index < -0.39 is 6.04 Å². The average molecular weight is 482 g/mol. The first kappa shape index (κ1) is 30.9. The van der Waals surface area contributed by atoms with Gasteiger partial charge in [-0.1, -0.05) is 105 Å². The Labute approximate surface area is 210 Å². The molecule has 0 saturated carbocycles. The summed E-state index contributed by atoms with van der Waals surface area (Å²) in [7, 11) is 0. The lowest BCUT2D eigenvalue weighted by Crippen LogP contribution is -2.44. The molecular formula is C29H55NO4. The third kappa shape index (κ3) is 14.3. The zero-order valence-corrected chi connectivity index (χ0v) is 22.8. The highest BCUT2D eigenvalue weighted by Gasteiger charge is 2.35. The molecule has 0 aromatic rings. The SMILES string of the molecule is CCCCCCCCCCCC(CC1OCC1CCCCCC)OC(=O)C(CC(C)C)NC=O. The van der Waals surface area contributed by atoms with Crippen LogP contribution in [0.4, 0.5) is 0 Å². The molecule has 1 rings (SSSR count). The van der Waals surface area contributed by atoms with Crippen molar-refractivity contribution in [2.75, 3.05) is 6.61 Å². The molecule has 200 valence electrons. The van der Waals surface area contributed by atoms with Crippen LogP contribution in [0.2, 0.25) is 0 Å². The number of hydrogen-bond donors (Lipinski definition) is 1. The smallest absolute Gasteiger partial charge is 0.328 e. The standard InChI is InChI=1S/C29H55NO4/c1-5-7-9-11-12-13-14-15-17-19-26(34-29(32)27(30-23-31)20-24(3)4)21-28-25(22-33-28)18-16-10-8-6-2/h23-28H,5-22H2,1-4H3,(H,30,31). The van der Waals surface area contributed by atoms with Crippen LogP contribution in [-0.4, -0.2) is 37.2 Å². The van der Waals surface area contributed by atoms with E-state index in [0.29, 0.717) is 24.7 Å². The molecule has 5 heteroatoms. The van der Waals surface area contributed by atoms with Gasteiger partial charge in [0.15, 0.2) is 0 Å². The van der Waals surface area contributed by atoms with Gasteiger partial charge in [0.05, 0.1) is 12.7 Å². The Balaban J connectivity index is 2.50. The maximum absolute atomic E-state index is 12.9. The summed E-state index contributed by atoms with van der Waals surface area (Å²) in [4.78, 5) is 23.9. The Morgan fingerprint density at radius 3 is 2.06 bits per heavy atom. The Morgan fingerprint density at radius 2 is 1.53 bits per heavy atom. The van der Waals surface area contributed by atoms with E-state index in [9.17, 15) is 9.59 Å². The van der Waals surface area contributed by atoms with Crippen molar-refractivity contribution in [2.45, 2.75) is 155 Å². The topological polar surface area (TPSA) is 64.6 Å². The van der Waals surface area contributed by atoms with Crippen molar-refractivity contribution in [1.29, 1.82) is 0 Å².